The van der Waals surface area contributed by atoms with Crippen molar-refractivity contribution in [3.63, 3.8) is 0 Å². The molecule has 2 saturated heterocycles. The van der Waals surface area contributed by atoms with E-state index in [0.717, 1.165) is 63.6 Å². The number of carbonyl (C=O) groups is 1. The number of piperidine rings is 1. The summed E-state index contributed by atoms with van der Waals surface area (Å²) >= 11 is 2.45. The van der Waals surface area contributed by atoms with Crippen LogP contribution in [0.4, 0.5) is 0 Å². The van der Waals surface area contributed by atoms with Crippen LogP contribution in [0.2, 0.25) is 0 Å². The number of hydrogen-bond acceptors (Lipinski definition) is 7. The third kappa shape index (κ3) is 4.76. The van der Waals surface area contributed by atoms with Crippen LogP contribution in [0.5, 0.6) is 5.75 Å². The Morgan fingerprint density at radius 3 is 2.59 bits per heavy atom. The maximum absolute atomic E-state index is 12.3. The summed E-state index contributed by atoms with van der Waals surface area (Å²) in [4.78, 5) is 23.1. The minimum Gasteiger partial charge on any atom is -0.493 e. The van der Waals surface area contributed by atoms with E-state index in [1.165, 1.54) is 27.5 Å². The average Bonchev–Trinajstić information content (AvgIpc) is 3.55. The quantitative estimate of drug-likeness (QED) is 0.349. The molecule has 3 heterocycles. The first-order chi connectivity index (χ1) is 16.3. The van der Waals surface area contributed by atoms with Crippen molar-refractivity contribution in [2.45, 2.75) is 70.9 Å². The Morgan fingerprint density at radius 2 is 1.94 bits per heavy atom. The lowest BCUT2D eigenvalue weighted by Crippen LogP contribution is -2.61. The summed E-state index contributed by atoms with van der Waals surface area (Å²) in [5, 5.41) is 4.48. The molecule has 34 heavy (non-hydrogen) atoms. The highest BCUT2D eigenvalue weighted by atomic mass is 127. The second kappa shape index (κ2) is 9.48. The zero-order chi connectivity index (χ0) is 23.9. The molecule has 3 aliphatic heterocycles. The molecule has 1 aliphatic carbocycles. The van der Waals surface area contributed by atoms with Crippen LogP contribution in [0.25, 0.3) is 0 Å². The fourth-order valence-electron chi connectivity index (χ4n) is 5.47. The van der Waals surface area contributed by atoms with Crippen molar-refractivity contribution in [3.05, 3.63) is 26.8 Å². The van der Waals surface area contributed by atoms with Gasteiger partial charge in [0.15, 0.2) is 5.60 Å². The van der Waals surface area contributed by atoms with Gasteiger partial charge in [-0.25, -0.2) is 0 Å². The van der Waals surface area contributed by atoms with E-state index in [4.69, 9.17) is 14.3 Å². The largest absolute Gasteiger partial charge is 0.493 e. The van der Waals surface area contributed by atoms with E-state index in [-0.39, 0.29) is 17.0 Å². The van der Waals surface area contributed by atoms with Crippen LogP contribution in [-0.4, -0.2) is 66.6 Å². The molecule has 0 bridgehead atoms. The molecule has 0 aromatic heterocycles. The van der Waals surface area contributed by atoms with E-state index in [0.29, 0.717) is 19.1 Å². The third-order valence-corrected chi connectivity index (χ3v) is 8.85. The van der Waals surface area contributed by atoms with Crippen LogP contribution >= 0.6 is 22.6 Å². The van der Waals surface area contributed by atoms with Crippen LogP contribution < -0.4 is 4.74 Å². The first kappa shape index (κ1) is 24.2. The fourth-order valence-corrected chi connectivity index (χ4v) is 6.38. The standard InChI is InChI=1S/C26H36IN3O4/c1-4-32-21-13-18(12-20(23(21)27)19-6-7-19)15-29-16-26(17-29)14-22(28-34-26)30-10-8-25(3,9-11-30)24(31)33-5-2/h12-13,19H,4-11,14-17H2,1-3H3. The van der Waals surface area contributed by atoms with Crippen molar-refractivity contribution in [1.29, 1.82) is 0 Å². The molecule has 186 valence electrons. The Balaban J connectivity index is 1.14. The zero-order valence-corrected chi connectivity index (χ0v) is 22.7. The molecule has 0 N–H and O–H groups in total. The highest BCUT2D eigenvalue weighted by Gasteiger charge is 2.51. The first-order valence-electron chi connectivity index (χ1n) is 12.7. The molecule has 1 saturated carbocycles. The molecule has 3 fully saturated rings. The number of benzene rings is 1. The highest BCUT2D eigenvalue weighted by molar-refractivity contribution is 14.1. The van der Waals surface area contributed by atoms with Crippen molar-refractivity contribution in [3.8, 4) is 5.75 Å². The van der Waals surface area contributed by atoms with Crippen LogP contribution in [0, 0.1) is 8.99 Å². The van der Waals surface area contributed by atoms with Crippen molar-refractivity contribution in [2.24, 2.45) is 10.6 Å². The second-order valence-electron chi connectivity index (χ2n) is 10.6. The number of oxime groups is 1. The number of ether oxygens (including phenoxy) is 2. The van der Waals surface area contributed by atoms with Crippen molar-refractivity contribution >= 4 is 34.4 Å². The summed E-state index contributed by atoms with van der Waals surface area (Å²) in [7, 11) is 0. The maximum Gasteiger partial charge on any atom is 0.311 e. The lowest BCUT2D eigenvalue weighted by molar-refractivity contribution is -0.156. The molecule has 4 aliphatic rings. The van der Waals surface area contributed by atoms with Gasteiger partial charge in [-0.3, -0.25) is 9.69 Å². The molecular formula is C26H36IN3O4. The van der Waals surface area contributed by atoms with Crippen LogP contribution in [0.1, 0.15) is 69.9 Å². The van der Waals surface area contributed by atoms with E-state index in [1.807, 2.05) is 20.8 Å². The summed E-state index contributed by atoms with van der Waals surface area (Å²) in [5.74, 6) is 2.70. The van der Waals surface area contributed by atoms with Crippen molar-refractivity contribution in [2.75, 3.05) is 39.4 Å². The van der Waals surface area contributed by atoms with Crippen LogP contribution in [0.15, 0.2) is 17.3 Å². The van der Waals surface area contributed by atoms with Gasteiger partial charge in [-0.2, -0.15) is 0 Å². The van der Waals surface area contributed by atoms with E-state index >= 15 is 0 Å². The lowest BCUT2D eigenvalue weighted by Gasteiger charge is -2.46. The number of nitrogens with zero attached hydrogens (tertiary/aromatic N) is 3. The van der Waals surface area contributed by atoms with E-state index < -0.39 is 0 Å². The van der Waals surface area contributed by atoms with E-state index in [1.54, 1.807) is 0 Å². The minimum absolute atomic E-state index is 0.0710. The molecular weight excluding hydrogens is 545 g/mol. The van der Waals surface area contributed by atoms with Gasteiger partial charge < -0.3 is 19.2 Å². The molecule has 0 amide bonds. The monoisotopic (exact) mass is 581 g/mol. The highest BCUT2D eigenvalue weighted by Crippen LogP contribution is 2.45. The number of carbonyl (C=O) groups excluding carboxylic acids is 1. The summed E-state index contributed by atoms with van der Waals surface area (Å²) < 4.78 is 12.5. The summed E-state index contributed by atoms with van der Waals surface area (Å²) in [6.45, 7) is 11.4. The Morgan fingerprint density at radius 1 is 1.21 bits per heavy atom. The SMILES string of the molecule is CCOC(=O)C1(C)CCN(C2=NOC3(C2)CN(Cc2cc(OCC)c(I)c(C4CC4)c2)C3)CC1. The molecule has 5 rings (SSSR count). The smallest absolute Gasteiger partial charge is 0.311 e. The number of halogens is 1. The van der Waals surface area contributed by atoms with E-state index in [2.05, 4.69) is 49.7 Å². The predicted octanol–water partition coefficient (Wildman–Crippen LogP) is 4.52. The lowest BCUT2D eigenvalue weighted by atomic mass is 9.80. The summed E-state index contributed by atoms with van der Waals surface area (Å²) in [5.41, 5.74) is 2.21. The molecule has 1 aromatic rings. The Hall–Kier alpha value is -1.55. The van der Waals surface area contributed by atoms with Gasteiger partial charge in [-0.15, -0.1) is 0 Å². The van der Waals surface area contributed by atoms with Gasteiger partial charge in [0.05, 0.1) is 28.6 Å². The number of amidine groups is 1. The minimum atomic E-state index is -0.384. The van der Waals surface area contributed by atoms with Crippen LogP contribution in [0.3, 0.4) is 0 Å². The number of hydrogen-bond donors (Lipinski definition) is 0. The fraction of sp³-hybridized carbons (Fsp3) is 0.692. The molecule has 8 heteroatoms. The molecule has 0 atom stereocenters. The van der Waals surface area contributed by atoms with Gasteiger partial charge in [-0.05, 0) is 92.2 Å². The van der Waals surface area contributed by atoms with E-state index in [9.17, 15) is 4.79 Å². The number of esters is 1. The van der Waals surface area contributed by atoms with Gasteiger partial charge in [-0.1, -0.05) is 11.2 Å². The number of rotatable bonds is 7. The normalized spacial score (nSPS) is 23.3. The van der Waals surface area contributed by atoms with Gasteiger partial charge in [0, 0.05) is 32.7 Å². The van der Waals surface area contributed by atoms with Crippen molar-refractivity contribution < 1.29 is 19.1 Å². The third-order valence-electron chi connectivity index (χ3n) is 7.70. The van der Waals surface area contributed by atoms with Crippen LogP contribution in [-0.2, 0) is 20.9 Å². The van der Waals surface area contributed by atoms with Gasteiger partial charge in [0.25, 0.3) is 0 Å². The zero-order valence-electron chi connectivity index (χ0n) is 20.6. The Labute approximate surface area is 216 Å². The average molecular weight is 581 g/mol. The Bertz CT molecular complexity index is 963. The second-order valence-corrected chi connectivity index (χ2v) is 11.7. The number of likely N-dealkylation sites (tertiary alicyclic amines) is 2. The Kier molecular flexibility index (Phi) is 6.74. The topological polar surface area (TPSA) is 63.6 Å². The maximum atomic E-state index is 12.3. The summed E-state index contributed by atoms with van der Waals surface area (Å²) in [6, 6.07) is 4.60. The first-order valence-corrected chi connectivity index (χ1v) is 13.8. The van der Waals surface area contributed by atoms with Crippen molar-refractivity contribution in [1.82, 2.24) is 9.80 Å². The predicted molar refractivity (Wildman–Crippen MR) is 139 cm³/mol. The van der Waals surface area contributed by atoms with Gasteiger partial charge in [0.1, 0.15) is 11.6 Å². The molecule has 1 aromatic carbocycles. The van der Waals surface area contributed by atoms with Gasteiger partial charge >= 0.3 is 5.97 Å². The molecule has 0 radical (unpaired) electrons. The molecule has 7 nitrogen and oxygen atoms in total. The summed E-state index contributed by atoms with van der Waals surface area (Å²) in [6.07, 6.45) is 5.02. The molecule has 1 spiro atoms. The molecule has 0 unspecified atom stereocenters. The van der Waals surface area contributed by atoms with Gasteiger partial charge in [0.2, 0.25) is 0 Å².